The number of anilines is 2. The van der Waals surface area contributed by atoms with E-state index in [1.165, 1.54) is 0 Å². The van der Waals surface area contributed by atoms with Crippen LogP contribution in [0.15, 0.2) is 59.1 Å². The van der Waals surface area contributed by atoms with Crippen LogP contribution in [0.4, 0.5) is 11.5 Å². The normalized spacial score (nSPS) is 11.5. The van der Waals surface area contributed by atoms with Gasteiger partial charge >= 0.3 is 0 Å². The smallest absolute Gasteiger partial charge is 0.252 e. The highest BCUT2D eigenvalue weighted by molar-refractivity contribution is 5.96. The van der Waals surface area contributed by atoms with E-state index in [0.717, 1.165) is 11.3 Å². The molecule has 3 aromatic rings. The molecule has 2 aromatic carbocycles. The minimum Gasteiger partial charge on any atom is -0.493 e. The van der Waals surface area contributed by atoms with Gasteiger partial charge in [0.1, 0.15) is 11.8 Å². The second-order valence-electron chi connectivity index (χ2n) is 6.10. The Morgan fingerprint density at radius 1 is 1.14 bits per heavy atom. The van der Waals surface area contributed by atoms with E-state index < -0.39 is 6.04 Å². The SMILES string of the molecule is CCOc1ccc(NC(C(=O)Nc2cc(C)on2)c2ccccc2)cc1OC. The van der Waals surface area contributed by atoms with Gasteiger partial charge < -0.3 is 24.6 Å². The average molecular weight is 381 g/mol. The summed E-state index contributed by atoms with van der Waals surface area (Å²) in [5, 5.41) is 9.87. The zero-order valence-corrected chi connectivity index (χ0v) is 16.1. The summed E-state index contributed by atoms with van der Waals surface area (Å²) in [5.41, 5.74) is 1.54. The molecule has 0 spiro atoms. The van der Waals surface area contributed by atoms with Gasteiger partial charge in [0.2, 0.25) is 0 Å². The summed E-state index contributed by atoms with van der Waals surface area (Å²) in [6, 6.07) is 15.9. The number of aryl methyl sites for hydroxylation is 1. The van der Waals surface area contributed by atoms with Gasteiger partial charge in [0.05, 0.1) is 13.7 Å². The van der Waals surface area contributed by atoms with E-state index in [0.29, 0.717) is 29.7 Å². The lowest BCUT2D eigenvalue weighted by Crippen LogP contribution is -2.27. The number of aromatic nitrogens is 1. The maximum atomic E-state index is 12.9. The van der Waals surface area contributed by atoms with E-state index in [9.17, 15) is 4.79 Å². The van der Waals surface area contributed by atoms with E-state index in [2.05, 4.69) is 15.8 Å². The highest BCUT2D eigenvalue weighted by Gasteiger charge is 2.22. The molecule has 0 radical (unpaired) electrons. The molecule has 0 aliphatic heterocycles. The van der Waals surface area contributed by atoms with Crippen LogP contribution in [0.2, 0.25) is 0 Å². The second kappa shape index (κ2) is 8.94. The summed E-state index contributed by atoms with van der Waals surface area (Å²) in [7, 11) is 1.58. The molecule has 3 rings (SSSR count). The largest absolute Gasteiger partial charge is 0.493 e. The van der Waals surface area contributed by atoms with Crippen LogP contribution in [0.1, 0.15) is 24.3 Å². The molecule has 146 valence electrons. The van der Waals surface area contributed by atoms with Crippen molar-refractivity contribution in [2.45, 2.75) is 19.9 Å². The number of rotatable bonds is 8. The number of nitrogens with one attached hydrogen (secondary N) is 2. The number of carbonyl (C=O) groups excluding carboxylic acids is 1. The second-order valence-corrected chi connectivity index (χ2v) is 6.10. The number of methoxy groups -OCH3 is 1. The van der Waals surface area contributed by atoms with Gasteiger partial charge in [0.25, 0.3) is 5.91 Å². The number of amides is 1. The van der Waals surface area contributed by atoms with Crippen LogP contribution in [-0.4, -0.2) is 24.8 Å². The van der Waals surface area contributed by atoms with Gasteiger partial charge in [-0.1, -0.05) is 35.5 Å². The van der Waals surface area contributed by atoms with Crippen LogP contribution in [0.5, 0.6) is 11.5 Å². The lowest BCUT2D eigenvalue weighted by molar-refractivity contribution is -0.117. The molecule has 7 nitrogen and oxygen atoms in total. The van der Waals surface area contributed by atoms with Crippen molar-refractivity contribution in [2.24, 2.45) is 0 Å². The number of ether oxygens (including phenoxy) is 2. The lowest BCUT2D eigenvalue weighted by Gasteiger charge is -2.20. The van der Waals surface area contributed by atoms with Crippen molar-refractivity contribution in [3.63, 3.8) is 0 Å². The minimum atomic E-state index is -0.638. The monoisotopic (exact) mass is 381 g/mol. The molecule has 1 aromatic heterocycles. The number of nitrogens with zero attached hydrogens (tertiary/aromatic N) is 1. The first-order valence-electron chi connectivity index (χ1n) is 8.97. The molecular weight excluding hydrogens is 358 g/mol. The maximum Gasteiger partial charge on any atom is 0.252 e. The number of benzene rings is 2. The molecular formula is C21H23N3O4. The molecule has 0 bridgehead atoms. The Morgan fingerprint density at radius 3 is 2.57 bits per heavy atom. The van der Waals surface area contributed by atoms with E-state index in [1.807, 2.05) is 49.4 Å². The van der Waals surface area contributed by atoms with Crippen molar-refractivity contribution in [3.05, 3.63) is 65.9 Å². The summed E-state index contributed by atoms with van der Waals surface area (Å²) >= 11 is 0. The van der Waals surface area contributed by atoms with Crippen molar-refractivity contribution < 1.29 is 18.8 Å². The fourth-order valence-electron chi connectivity index (χ4n) is 2.77. The Morgan fingerprint density at radius 2 is 1.93 bits per heavy atom. The van der Waals surface area contributed by atoms with Crippen LogP contribution < -0.4 is 20.1 Å². The van der Waals surface area contributed by atoms with E-state index in [-0.39, 0.29) is 5.91 Å². The highest BCUT2D eigenvalue weighted by Crippen LogP contribution is 2.32. The standard InChI is InChI=1S/C21H23N3O4/c1-4-27-17-11-10-16(13-18(17)26-3)22-20(15-8-6-5-7-9-15)21(25)23-19-12-14(2)28-24-19/h5-13,20,22H,4H2,1-3H3,(H,23,24,25). The number of carbonyl (C=O) groups is 1. The van der Waals surface area contributed by atoms with Gasteiger partial charge in [-0.25, -0.2) is 0 Å². The quantitative estimate of drug-likeness (QED) is 0.609. The highest BCUT2D eigenvalue weighted by atomic mass is 16.5. The Kier molecular flexibility index (Phi) is 6.16. The summed E-state index contributed by atoms with van der Waals surface area (Å²) < 4.78 is 16.0. The molecule has 0 fully saturated rings. The van der Waals surface area contributed by atoms with Crippen molar-refractivity contribution in [1.29, 1.82) is 0 Å². The molecule has 1 amide bonds. The fourth-order valence-corrected chi connectivity index (χ4v) is 2.77. The molecule has 2 N–H and O–H groups in total. The molecule has 28 heavy (non-hydrogen) atoms. The Labute approximate surface area is 163 Å². The van der Waals surface area contributed by atoms with E-state index in [1.54, 1.807) is 26.2 Å². The first-order valence-corrected chi connectivity index (χ1v) is 8.97. The average Bonchev–Trinajstić information content (AvgIpc) is 3.12. The van der Waals surface area contributed by atoms with Crippen LogP contribution in [-0.2, 0) is 4.79 Å². The predicted octanol–water partition coefficient (Wildman–Crippen LogP) is 4.18. The molecule has 0 saturated carbocycles. The van der Waals surface area contributed by atoms with Gasteiger partial charge in [-0.15, -0.1) is 0 Å². The Hall–Kier alpha value is -3.48. The maximum absolute atomic E-state index is 12.9. The topological polar surface area (TPSA) is 85.6 Å². The van der Waals surface area contributed by atoms with Crippen molar-refractivity contribution in [2.75, 3.05) is 24.4 Å². The van der Waals surface area contributed by atoms with Crippen molar-refractivity contribution >= 4 is 17.4 Å². The Bertz CT molecular complexity index is 924. The van der Waals surface area contributed by atoms with Gasteiger partial charge in [-0.3, -0.25) is 4.79 Å². The number of hydrogen-bond donors (Lipinski definition) is 2. The summed E-state index contributed by atoms with van der Waals surface area (Å²) in [6.45, 7) is 4.21. The number of hydrogen-bond acceptors (Lipinski definition) is 6. The van der Waals surface area contributed by atoms with Crippen LogP contribution in [0, 0.1) is 6.92 Å². The summed E-state index contributed by atoms with van der Waals surface area (Å²) in [5.74, 6) is 1.97. The van der Waals surface area contributed by atoms with Crippen LogP contribution >= 0.6 is 0 Å². The van der Waals surface area contributed by atoms with Gasteiger partial charge in [0.15, 0.2) is 17.3 Å². The van der Waals surface area contributed by atoms with Crippen LogP contribution in [0.3, 0.4) is 0 Å². The Balaban J connectivity index is 1.86. The zero-order valence-electron chi connectivity index (χ0n) is 16.1. The summed E-state index contributed by atoms with van der Waals surface area (Å²) in [4.78, 5) is 12.9. The van der Waals surface area contributed by atoms with E-state index >= 15 is 0 Å². The van der Waals surface area contributed by atoms with Gasteiger partial charge in [-0.05, 0) is 31.5 Å². The summed E-state index contributed by atoms with van der Waals surface area (Å²) in [6.07, 6.45) is 0. The van der Waals surface area contributed by atoms with Crippen LogP contribution in [0.25, 0.3) is 0 Å². The lowest BCUT2D eigenvalue weighted by atomic mass is 10.1. The molecule has 1 atom stereocenters. The van der Waals surface area contributed by atoms with Gasteiger partial charge in [-0.2, -0.15) is 0 Å². The fraction of sp³-hybridized carbons (Fsp3) is 0.238. The van der Waals surface area contributed by atoms with Crippen molar-refractivity contribution in [3.8, 4) is 11.5 Å². The molecule has 0 saturated heterocycles. The van der Waals surface area contributed by atoms with Crippen molar-refractivity contribution in [1.82, 2.24) is 5.16 Å². The van der Waals surface area contributed by atoms with Gasteiger partial charge in [0, 0.05) is 17.8 Å². The minimum absolute atomic E-state index is 0.257. The zero-order chi connectivity index (χ0) is 19.9. The predicted molar refractivity (Wildman–Crippen MR) is 107 cm³/mol. The molecule has 0 aliphatic rings. The third-order valence-electron chi connectivity index (χ3n) is 4.05. The third kappa shape index (κ3) is 4.62. The third-order valence-corrected chi connectivity index (χ3v) is 4.05. The first kappa shape index (κ1) is 19.3. The first-order chi connectivity index (χ1) is 13.6. The molecule has 0 aliphatic carbocycles. The molecule has 1 unspecified atom stereocenters. The van der Waals surface area contributed by atoms with E-state index in [4.69, 9.17) is 14.0 Å². The molecule has 1 heterocycles. The molecule has 7 heteroatoms.